The molecule has 0 saturated heterocycles. The first-order chi connectivity index (χ1) is 7.82. The largest absolute Gasteiger partial charge is 0.405 e. The predicted octanol–water partition coefficient (Wildman–Crippen LogP) is 4.08. The van der Waals surface area contributed by atoms with Gasteiger partial charge in [0.1, 0.15) is 6.10 Å². The van der Waals surface area contributed by atoms with Crippen LogP contribution in [0.4, 0.5) is 0 Å². The van der Waals surface area contributed by atoms with Crippen LogP contribution in [0, 0.1) is 0 Å². The maximum Gasteiger partial charge on any atom is 0.201 e. The molecule has 0 aliphatic heterocycles. The molecule has 0 N–H and O–H groups in total. The minimum atomic E-state index is -1.90. The number of rotatable bonds is 5. The Morgan fingerprint density at radius 1 is 1.12 bits per heavy atom. The molecule has 0 spiro atoms. The van der Waals surface area contributed by atoms with Gasteiger partial charge in [0.2, 0.25) is 8.32 Å². The summed E-state index contributed by atoms with van der Waals surface area (Å²) < 4.78 is 6.42. The molecule has 0 radical (unpaired) electrons. The van der Waals surface area contributed by atoms with Crippen molar-refractivity contribution in [2.24, 2.45) is 0 Å². The molecule has 2 nitrogen and oxygen atoms in total. The number of hydrogen-bond acceptors (Lipinski definition) is 2. The molecule has 1 rings (SSSR count). The number of carbonyl (C=O) groups excluding carboxylic acids is 1. The van der Waals surface area contributed by atoms with E-state index in [1.807, 2.05) is 6.08 Å². The van der Waals surface area contributed by atoms with E-state index in [4.69, 9.17) is 4.43 Å². The summed E-state index contributed by atoms with van der Waals surface area (Å²) in [6, 6.07) is 0. The second-order valence-electron chi connectivity index (χ2n) is 5.96. The highest BCUT2D eigenvalue weighted by atomic mass is 28.4. The van der Waals surface area contributed by atoms with Gasteiger partial charge in [-0.1, -0.05) is 47.6 Å². The lowest BCUT2D eigenvalue weighted by Gasteiger charge is -2.43. The van der Waals surface area contributed by atoms with Crippen molar-refractivity contribution in [2.75, 3.05) is 0 Å². The number of hydrogen-bond donors (Lipinski definition) is 0. The van der Waals surface area contributed by atoms with Crippen LogP contribution in [0.5, 0.6) is 0 Å². The van der Waals surface area contributed by atoms with Gasteiger partial charge in [0, 0.05) is 0 Å². The maximum atomic E-state index is 11.7. The van der Waals surface area contributed by atoms with Crippen LogP contribution in [0.2, 0.25) is 16.6 Å². The second kappa shape index (κ2) is 5.49. The summed E-state index contributed by atoms with van der Waals surface area (Å²) in [5.74, 6) is 0.156. The molecule has 17 heavy (non-hydrogen) atoms. The molecule has 0 amide bonds. The van der Waals surface area contributed by atoms with Crippen LogP contribution in [0.15, 0.2) is 12.2 Å². The van der Waals surface area contributed by atoms with Gasteiger partial charge in [0.05, 0.1) is 0 Å². The monoisotopic (exact) mass is 254 g/mol. The van der Waals surface area contributed by atoms with Crippen LogP contribution in [0.1, 0.15) is 48.0 Å². The van der Waals surface area contributed by atoms with E-state index < -0.39 is 8.32 Å². The zero-order chi connectivity index (χ0) is 13.2. The molecule has 1 aliphatic carbocycles. The van der Waals surface area contributed by atoms with Crippen molar-refractivity contribution in [3.8, 4) is 0 Å². The van der Waals surface area contributed by atoms with Crippen LogP contribution in [0.3, 0.4) is 0 Å². The Kier molecular flexibility index (Phi) is 4.73. The Morgan fingerprint density at radius 3 is 1.88 bits per heavy atom. The minimum absolute atomic E-state index is 0.156. The van der Waals surface area contributed by atoms with Gasteiger partial charge in [-0.15, -0.1) is 0 Å². The molecule has 0 heterocycles. The van der Waals surface area contributed by atoms with Crippen molar-refractivity contribution < 1.29 is 9.22 Å². The fourth-order valence-electron chi connectivity index (χ4n) is 3.29. The van der Waals surface area contributed by atoms with Gasteiger partial charge in [0.15, 0.2) is 5.78 Å². The summed E-state index contributed by atoms with van der Waals surface area (Å²) in [5.41, 5.74) is 1.61. The van der Waals surface area contributed by atoms with Gasteiger partial charge < -0.3 is 4.43 Å². The van der Waals surface area contributed by atoms with Gasteiger partial charge in [-0.05, 0) is 29.1 Å². The number of ketones is 1. The first-order valence-corrected chi connectivity index (χ1v) is 8.84. The average molecular weight is 254 g/mol. The van der Waals surface area contributed by atoms with Crippen molar-refractivity contribution >= 4 is 14.1 Å². The molecule has 0 fully saturated rings. The summed E-state index contributed by atoms with van der Waals surface area (Å²) in [5, 5.41) is 0. The smallest absolute Gasteiger partial charge is 0.201 e. The second-order valence-corrected chi connectivity index (χ2v) is 11.4. The SMILES string of the molecule is CC(C)[Si](OC1CC=CC1=O)(C(C)C)C(C)C. The topological polar surface area (TPSA) is 26.3 Å². The van der Waals surface area contributed by atoms with E-state index in [2.05, 4.69) is 41.5 Å². The Hall–Kier alpha value is -0.413. The van der Waals surface area contributed by atoms with E-state index in [0.717, 1.165) is 6.42 Å². The van der Waals surface area contributed by atoms with Gasteiger partial charge in [-0.2, -0.15) is 0 Å². The van der Waals surface area contributed by atoms with Gasteiger partial charge in [0.25, 0.3) is 0 Å². The highest BCUT2D eigenvalue weighted by molar-refractivity contribution is 6.77. The predicted molar refractivity (Wildman–Crippen MR) is 74.7 cm³/mol. The fraction of sp³-hybridized carbons (Fsp3) is 0.786. The van der Waals surface area contributed by atoms with E-state index >= 15 is 0 Å². The van der Waals surface area contributed by atoms with Crippen LogP contribution >= 0.6 is 0 Å². The lowest BCUT2D eigenvalue weighted by atomic mass is 10.3. The standard InChI is InChI=1S/C14H26O2Si/c1-10(2)17(11(3)4,12(5)6)16-14-9-7-8-13(14)15/h7-8,10-12,14H,9H2,1-6H3. The molecule has 0 aromatic heterocycles. The van der Waals surface area contributed by atoms with Crippen molar-refractivity contribution in [1.82, 2.24) is 0 Å². The summed E-state index contributed by atoms with van der Waals surface area (Å²) >= 11 is 0. The van der Waals surface area contributed by atoms with Crippen molar-refractivity contribution in [1.29, 1.82) is 0 Å². The minimum Gasteiger partial charge on any atom is -0.405 e. The number of carbonyl (C=O) groups is 1. The highest BCUT2D eigenvalue weighted by Crippen LogP contribution is 2.43. The Balaban J connectivity index is 2.94. The van der Waals surface area contributed by atoms with Crippen LogP contribution in [-0.2, 0) is 9.22 Å². The van der Waals surface area contributed by atoms with E-state index in [-0.39, 0.29) is 11.9 Å². The van der Waals surface area contributed by atoms with Crippen molar-refractivity contribution in [2.45, 2.75) is 70.7 Å². The van der Waals surface area contributed by atoms with E-state index in [9.17, 15) is 4.79 Å². The average Bonchev–Trinajstić information content (AvgIpc) is 2.58. The molecule has 1 unspecified atom stereocenters. The Bertz CT molecular complexity index is 284. The van der Waals surface area contributed by atoms with Crippen LogP contribution in [0.25, 0.3) is 0 Å². The highest BCUT2D eigenvalue weighted by Gasteiger charge is 2.47. The molecule has 0 bridgehead atoms. The Labute approximate surface area is 107 Å². The molecule has 1 atom stereocenters. The summed E-state index contributed by atoms with van der Waals surface area (Å²) in [6.07, 6.45) is 4.17. The zero-order valence-electron chi connectivity index (χ0n) is 12.0. The lowest BCUT2D eigenvalue weighted by molar-refractivity contribution is -0.120. The quantitative estimate of drug-likeness (QED) is 0.691. The van der Waals surface area contributed by atoms with Crippen molar-refractivity contribution in [3.05, 3.63) is 12.2 Å². The van der Waals surface area contributed by atoms with Gasteiger partial charge in [-0.3, -0.25) is 4.79 Å². The molecule has 0 aromatic rings. The summed E-state index contributed by atoms with van der Waals surface area (Å²) in [6.45, 7) is 13.5. The molecule has 3 heteroatoms. The molecule has 1 aliphatic rings. The molecule has 98 valence electrons. The summed E-state index contributed by atoms with van der Waals surface area (Å²) in [7, 11) is -1.90. The Morgan fingerprint density at radius 2 is 1.59 bits per heavy atom. The maximum absolute atomic E-state index is 11.7. The molecular formula is C14H26O2Si. The van der Waals surface area contributed by atoms with Crippen LogP contribution < -0.4 is 0 Å². The third kappa shape index (κ3) is 2.71. The fourth-order valence-corrected chi connectivity index (χ4v) is 8.81. The molecule has 0 saturated carbocycles. The van der Waals surface area contributed by atoms with Crippen molar-refractivity contribution in [3.63, 3.8) is 0 Å². The molecule has 0 aromatic carbocycles. The first-order valence-electron chi connectivity index (χ1n) is 6.70. The van der Waals surface area contributed by atoms with E-state index in [1.165, 1.54) is 0 Å². The van der Waals surface area contributed by atoms with E-state index in [0.29, 0.717) is 16.6 Å². The third-order valence-corrected chi connectivity index (χ3v) is 10.1. The van der Waals surface area contributed by atoms with Gasteiger partial charge in [-0.25, -0.2) is 0 Å². The molecular weight excluding hydrogens is 228 g/mol. The summed E-state index contributed by atoms with van der Waals surface area (Å²) in [4.78, 5) is 11.7. The first kappa shape index (κ1) is 14.6. The normalized spacial score (nSPS) is 21.2. The lowest BCUT2D eigenvalue weighted by Crippen LogP contribution is -2.51. The zero-order valence-corrected chi connectivity index (χ0v) is 13.0. The van der Waals surface area contributed by atoms with Crippen LogP contribution in [-0.4, -0.2) is 20.2 Å². The van der Waals surface area contributed by atoms with Gasteiger partial charge >= 0.3 is 0 Å². The van der Waals surface area contributed by atoms with E-state index in [1.54, 1.807) is 6.08 Å². The third-order valence-electron chi connectivity index (χ3n) is 4.00.